The monoisotopic (exact) mass is 130 g/mol. The summed E-state index contributed by atoms with van der Waals surface area (Å²) in [5.41, 5.74) is 0. The van der Waals surface area contributed by atoms with E-state index in [0.717, 1.165) is 19.6 Å². The molecule has 1 heterocycles. The van der Waals surface area contributed by atoms with Gasteiger partial charge in [0.05, 0.1) is 18.4 Å². The highest BCUT2D eigenvalue weighted by Crippen LogP contribution is 1.97. The number of hydrogen-bond acceptors (Lipinski definition) is 3. The molecule has 0 radical (unpaired) electrons. The molecular weight excluding hydrogens is 120 g/mol. The maximum absolute atomic E-state index is 9.93. The lowest BCUT2D eigenvalue weighted by Gasteiger charge is -2.08. The van der Waals surface area contributed by atoms with Crippen molar-refractivity contribution in [2.45, 2.75) is 6.42 Å². The Hall–Kier alpha value is -0.640. The van der Waals surface area contributed by atoms with Crippen molar-refractivity contribution in [3.05, 3.63) is 4.91 Å². The second-order valence-corrected chi connectivity index (χ2v) is 2.00. The topological polar surface area (TPSA) is 41.9 Å². The summed E-state index contributed by atoms with van der Waals surface area (Å²) in [5, 5.41) is 4.30. The average Bonchev–Trinajstić information content (AvgIpc) is 2.13. The van der Waals surface area contributed by atoms with Crippen LogP contribution < -0.4 is 0 Å². The molecule has 0 unspecified atom stereocenters. The summed E-state index contributed by atoms with van der Waals surface area (Å²) in [6.45, 7) is 2.77. The minimum atomic E-state index is 0.631. The van der Waals surface area contributed by atoms with E-state index < -0.39 is 0 Å². The minimum absolute atomic E-state index is 0.631. The zero-order chi connectivity index (χ0) is 6.53. The van der Waals surface area contributed by atoms with E-state index in [1.54, 1.807) is 0 Å². The lowest BCUT2D eigenvalue weighted by atomic mass is 10.4. The van der Waals surface area contributed by atoms with Crippen molar-refractivity contribution in [2.24, 2.45) is 5.29 Å². The van der Waals surface area contributed by atoms with Crippen LogP contribution in [0.15, 0.2) is 5.29 Å². The van der Waals surface area contributed by atoms with Crippen LogP contribution in [0.4, 0.5) is 0 Å². The van der Waals surface area contributed by atoms with Gasteiger partial charge in [0, 0.05) is 13.2 Å². The van der Waals surface area contributed by atoms with E-state index in [1.807, 2.05) is 0 Å². The van der Waals surface area contributed by atoms with E-state index in [0.29, 0.717) is 13.2 Å². The zero-order valence-electron chi connectivity index (χ0n) is 5.25. The van der Waals surface area contributed by atoms with Crippen LogP contribution in [0.25, 0.3) is 0 Å². The Balaban J connectivity index is 2.26. The van der Waals surface area contributed by atoms with Crippen molar-refractivity contribution >= 4 is 0 Å². The fraction of sp³-hybridized carbons (Fsp3) is 1.00. The molecule has 0 aromatic carbocycles. The summed E-state index contributed by atoms with van der Waals surface area (Å²) in [4.78, 5) is 9.93. The molecule has 0 N–H and O–H groups in total. The molecule has 1 aliphatic heterocycles. The Morgan fingerprint density at radius 2 is 2.22 bits per heavy atom. The number of nitrogens with zero attached hydrogens (tertiary/aromatic N) is 2. The van der Waals surface area contributed by atoms with E-state index in [-0.39, 0.29) is 0 Å². The van der Waals surface area contributed by atoms with Crippen LogP contribution in [0.5, 0.6) is 0 Å². The van der Waals surface area contributed by atoms with E-state index >= 15 is 0 Å². The molecule has 0 atom stereocenters. The van der Waals surface area contributed by atoms with Crippen molar-refractivity contribution < 1.29 is 4.74 Å². The number of nitroso groups, excluding NO2 is 1. The van der Waals surface area contributed by atoms with Crippen LogP contribution in [0.1, 0.15) is 6.42 Å². The lowest BCUT2D eigenvalue weighted by Crippen LogP contribution is -2.19. The second-order valence-electron chi connectivity index (χ2n) is 2.00. The van der Waals surface area contributed by atoms with Gasteiger partial charge in [0.25, 0.3) is 0 Å². The fourth-order valence-electron chi connectivity index (χ4n) is 0.815. The number of rotatable bonds is 1. The van der Waals surface area contributed by atoms with E-state index in [4.69, 9.17) is 4.74 Å². The van der Waals surface area contributed by atoms with Gasteiger partial charge in [-0.3, -0.25) is 5.01 Å². The third kappa shape index (κ3) is 1.97. The van der Waals surface area contributed by atoms with Crippen molar-refractivity contribution in [3.63, 3.8) is 0 Å². The molecule has 1 saturated heterocycles. The van der Waals surface area contributed by atoms with Gasteiger partial charge < -0.3 is 4.74 Å². The lowest BCUT2D eigenvalue weighted by molar-refractivity contribution is 0.142. The Morgan fingerprint density at radius 3 is 3.00 bits per heavy atom. The number of hydrogen-bond donors (Lipinski definition) is 0. The highest BCUT2D eigenvalue weighted by molar-refractivity contribution is 4.54. The zero-order valence-corrected chi connectivity index (χ0v) is 5.25. The SMILES string of the molecule is O=NN1CCCOCC1. The molecule has 0 aromatic heterocycles. The van der Waals surface area contributed by atoms with Crippen molar-refractivity contribution in [2.75, 3.05) is 26.3 Å². The van der Waals surface area contributed by atoms with Crippen molar-refractivity contribution in [1.29, 1.82) is 0 Å². The largest absolute Gasteiger partial charge is 0.379 e. The molecule has 1 aliphatic rings. The molecule has 1 rings (SSSR count). The van der Waals surface area contributed by atoms with Crippen molar-refractivity contribution in [3.8, 4) is 0 Å². The second kappa shape index (κ2) is 3.40. The average molecular weight is 130 g/mol. The molecule has 52 valence electrons. The van der Waals surface area contributed by atoms with E-state index in [9.17, 15) is 4.91 Å². The van der Waals surface area contributed by atoms with Crippen molar-refractivity contribution in [1.82, 2.24) is 5.01 Å². The maximum Gasteiger partial charge on any atom is 0.0659 e. The molecule has 4 heteroatoms. The van der Waals surface area contributed by atoms with Gasteiger partial charge in [-0.1, -0.05) is 0 Å². The molecule has 0 aliphatic carbocycles. The summed E-state index contributed by atoms with van der Waals surface area (Å²) >= 11 is 0. The van der Waals surface area contributed by atoms with Crippen LogP contribution in [0.3, 0.4) is 0 Å². The quantitative estimate of drug-likeness (QED) is 0.482. The summed E-state index contributed by atoms with van der Waals surface area (Å²) in [6, 6.07) is 0. The third-order valence-corrected chi connectivity index (χ3v) is 1.31. The van der Waals surface area contributed by atoms with Gasteiger partial charge in [-0.05, 0) is 6.42 Å². The van der Waals surface area contributed by atoms with Crippen LogP contribution in [-0.2, 0) is 4.74 Å². The molecule has 0 bridgehead atoms. The maximum atomic E-state index is 9.93. The first-order valence-electron chi connectivity index (χ1n) is 3.09. The third-order valence-electron chi connectivity index (χ3n) is 1.31. The molecule has 1 fully saturated rings. The highest BCUT2D eigenvalue weighted by Gasteiger charge is 2.05. The first-order chi connectivity index (χ1) is 4.43. The number of ether oxygens (including phenoxy) is 1. The molecular formula is C5H10N2O2. The van der Waals surface area contributed by atoms with Crippen LogP contribution in [-0.4, -0.2) is 31.3 Å². The van der Waals surface area contributed by atoms with Gasteiger partial charge in [-0.2, -0.15) is 0 Å². The Morgan fingerprint density at radius 1 is 1.33 bits per heavy atom. The van der Waals surface area contributed by atoms with Gasteiger partial charge in [0.15, 0.2) is 0 Å². The van der Waals surface area contributed by atoms with Gasteiger partial charge in [0.2, 0.25) is 0 Å². The standard InChI is InChI=1S/C5H10N2O2/c8-6-7-2-1-4-9-5-3-7/h1-5H2. The summed E-state index contributed by atoms with van der Waals surface area (Å²) < 4.78 is 5.09. The van der Waals surface area contributed by atoms with Gasteiger partial charge in [-0.25, -0.2) is 0 Å². The normalized spacial score (nSPS) is 21.1. The first kappa shape index (κ1) is 6.48. The molecule has 0 amide bonds. The van der Waals surface area contributed by atoms with Gasteiger partial charge >= 0.3 is 0 Å². The first-order valence-corrected chi connectivity index (χ1v) is 3.09. The summed E-state index contributed by atoms with van der Waals surface area (Å²) in [6.07, 6.45) is 0.908. The van der Waals surface area contributed by atoms with Crippen LogP contribution in [0, 0.1) is 4.91 Å². The van der Waals surface area contributed by atoms with Crippen LogP contribution >= 0.6 is 0 Å². The summed E-state index contributed by atoms with van der Waals surface area (Å²) in [5.74, 6) is 0. The minimum Gasteiger partial charge on any atom is -0.379 e. The van der Waals surface area contributed by atoms with E-state index in [2.05, 4.69) is 5.29 Å². The Kier molecular flexibility index (Phi) is 2.45. The fourth-order valence-corrected chi connectivity index (χ4v) is 0.815. The Bertz CT molecular complexity index is 89.0. The Labute approximate surface area is 53.7 Å². The molecule has 0 saturated carbocycles. The predicted molar refractivity (Wildman–Crippen MR) is 32.8 cm³/mol. The molecule has 9 heavy (non-hydrogen) atoms. The molecule has 0 spiro atoms. The molecule has 0 aromatic rings. The predicted octanol–water partition coefficient (Wildman–Crippen LogP) is 0.390. The molecule has 4 nitrogen and oxygen atoms in total. The smallest absolute Gasteiger partial charge is 0.0659 e. The highest BCUT2D eigenvalue weighted by atomic mass is 16.5. The van der Waals surface area contributed by atoms with Gasteiger partial charge in [0.1, 0.15) is 0 Å². The van der Waals surface area contributed by atoms with E-state index in [1.165, 1.54) is 5.01 Å². The van der Waals surface area contributed by atoms with Gasteiger partial charge in [-0.15, -0.1) is 4.91 Å². The van der Waals surface area contributed by atoms with Crippen LogP contribution in [0.2, 0.25) is 0 Å². The summed E-state index contributed by atoms with van der Waals surface area (Å²) in [7, 11) is 0.